The van der Waals surface area contributed by atoms with Gasteiger partial charge in [0.1, 0.15) is 17.5 Å². The normalized spacial score (nSPS) is 11.5. The number of nitrogens with zero attached hydrogens (tertiary/aromatic N) is 2. The topological polar surface area (TPSA) is 81.1 Å². The van der Waals surface area contributed by atoms with E-state index in [1.807, 2.05) is 0 Å². The van der Waals surface area contributed by atoms with Crippen molar-refractivity contribution in [3.05, 3.63) is 75.9 Å². The minimum atomic E-state index is -3.54. The van der Waals surface area contributed by atoms with E-state index in [0.29, 0.717) is 5.56 Å². The number of hydrogen-bond donors (Lipinski definition) is 1. The fraction of sp³-hybridized carbons (Fsp3) is 0.158. The Morgan fingerprint density at radius 1 is 1.21 bits per heavy atom. The molecule has 3 aromatic rings. The molecule has 1 aromatic heterocycles. The Bertz CT molecular complexity index is 1210. The van der Waals surface area contributed by atoms with E-state index in [1.54, 1.807) is 6.92 Å². The summed E-state index contributed by atoms with van der Waals surface area (Å²) in [5.41, 5.74) is 0.588. The van der Waals surface area contributed by atoms with E-state index >= 15 is 0 Å². The second-order valence-corrected chi connectivity index (χ2v) is 8.86. The number of carbonyl (C=O) groups is 1. The lowest BCUT2D eigenvalue weighted by Crippen LogP contribution is -2.18. The van der Waals surface area contributed by atoms with Crippen molar-refractivity contribution < 1.29 is 22.0 Å². The predicted octanol–water partition coefficient (Wildman–Crippen LogP) is 3.83. The summed E-state index contributed by atoms with van der Waals surface area (Å²) in [4.78, 5) is 12.7. The first kappa shape index (κ1) is 20.9. The number of amides is 1. The molecule has 1 amide bonds. The van der Waals surface area contributed by atoms with Crippen molar-refractivity contribution in [1.29, 1.82) is 0 Å². The molecule has 0 atom stereocenters. The van der Waals surface area contributed by atoms with E-state index in [0.717, 1.165) is 24.5 Å². The molecule has 1 heterocycles. The fourth-order valence-corrected chi connectivity index (χ4v) is 3.52. The van der Waals surface area contributed by atoms with E-state index in [2.05, 4.69) is 10.4 Å². The van der Waals surface area contributed by atoms with E-state index in [-0.39, 0.29) is 33.4 Å². The number of halogens is 3. The van der Waals surface area contributed by atoms with Crippen molar-refractivity contribution in [2.45, 2.75) is 18.4 Å². The monoisotopic (exact) mass is 439 g/mol. The average molecular weight is 440 g/mol. The molecule has 0 saturated carbocycles. The maximum Gasteiger partial charge on any atom is 0.258 e. The number of carbonyl (C=O) groups excluding carboxylic acids is 1. The van der Waals surface area contributed by atoms with Crippen molar-refractivity contribution in [1.82, 2.24) is 9.78 Å². The van der Waals surface area contributed by atoms with Crippen LogP contribution in [0.25, 0.3) is 0 Å². The van der Waals surface area contributed by atoms with Gasteiger partial charge in [0, 0.05) is 17.4 Å². The molecule has 0 aliphatic carbocycles. The van der Waals surface area contributed by atoms with Gasteiger partial charge in [-0.1, -0.05) is 11.6 Å². The minimum Gasteiger partial charge on any atom is -0.306 e. The standard InChI is InChI=1S/C19H16ClF2N3O3S/c1-11-9-23-25(10-12-7-13(21)3-6-17(12)22)18(11)24-19(26)15-8-14(29(2,27)28)4-5-16(15)20/h3-9H,10H2,1-2H3,(H,24,26). The Labute approximate surface area is 171 Å². The van der Waals surface area contributed by atoms with Crippen molar-refractivity contribution in [3.63, 3.8) is 0 Å². The molecule has 0 aliphatic rings. The Morgan fingerprint density at radius 2 is 1.93 bits per heavy atom. The molecule has 29 heavy (non-hydrogen) atoms. The van der Waals surface area contributed by atoms with Crippen LogP contribution in [0.4, 0.5) is 14.6 Å². The summed E-state index contributed by atoms with van der Waals surface area (Å²) >= 11 is 6.06. The smallest absolute Gasteiger partial charge is 0.258 e. The molecule has 0 saturated heterocycles. The van der Waals surface area contributed by atoms with Crippen LogP contribution < -0.4 is 5.32 Å². The van der Waals surface area contributed by atoms with Crippen LogP contribution in [0.3, 0.4) is 0 Å². The molecule has 0 bridgehead atoms. The first-order valence-corrected chi connectivity index (χ1v) is 10.6. The van der Waals surface area contributed by atoms with Crippen molar-refractivity contribution in [3.8, 4) is 0 Å². The Kier molecular flexibility index (Phi) is 5.72. The first-order chi connectivity index (χ1) is 13.6. The Morgan fingerprint density at radius 3 is 2.62 bits per heavy atom. The van der Waals surface area contributed by atoms with Crippen molar-refractivity contribution >= 4 is 33.2 Å². The predicted molar refractivity (Wildman–Crippen MR) is 105 cm³/mol. The lowest BCUT2D eigenvalue weighted by Gasteiger charge is -2.12. The molecule has 0 radical (unpaired) electrons. The van der Waals surface area contributed by atoms with Gasteiger partial charge in [-0.05, 0) is 43.3 Å². The molecule has 10 heteroatoms. The van der Waals surface area contributed by atoms with Crippen LogP contribution in [0.15, 0.2) is 47.5 Å². The molecule has 0 fully saturated rings. The third-order valence-corrected chi connectivity index (χ3v) is 5.63. The van der Waals surface area contributed by atoms with E-state index in [9.17, 15) is 22.0 Å². The number of sulfone groups is 1. The molecule has 0 spiro atoms. The summed E-state index contributed by atoms with van der Waals surface area (Å²) in [5, 5.41) is 6.77. The number of anilines is 1. The van der Waals surface area contributed by atoms with Crippen LogP contribution in [0.1, 0.15) is 21.5 Å². The molecular weight excluding hydrogens is 424 g/mol. The van der Waals surface area contributed by atoms with Crippen molar-refractivity contribution in [2.75, 3.05) is 11.6 Å². The first-order valence-electron chi connectivity index (χ1n) is 8.33. The van der Waals surface area contributed by atoms with Crippen LogP contribution >= 0.6 is 11.6 Å². The van der Waals surface area contributed by atoms with Crippen LogP contribution in [-0.4, -0.2) is 30.4 Å². The Balaban J connectivity index is 1.93. The van der Waals surface area contributed by atoms with Crippen LogP contribution in [-0.2, 0) is 16.4 Å². The lowest BCUT2D eigenvalue weighted by molar-refractivity contribution is 0.102. The third-order valence-electron chi connectivity index (χ3n) is 4.19. The van der Waals surface area contributed by atoms with Gasteiger partial charge < -0.3 is 5.32 Å². The van der Waals surface area contributed by atoms with Gasteiger partial charge in [0.05, 0.1) is 28.2 Å². The molecule has 152 valence electrons. The summed E-state index contributed by atoms with van der Waals surface area (Å²) < 4.78 is 52.2. The number of aryl methyl sites for hydroxylation is 1. The number of rotatable bonds is 5. The van der Waals surface area contributed by atoms with Gasteiger partial charge in [-0.15, -0.1) is 0 Å². The quantitative estimate of drug-likeness (QED) is 0.655. The Hall–Kier alpha value is -2.78. The molecule has 6 nitrogen and oxygen atoms in total. The maximum absolute atomic E-state index is 14.0. The van der Waals surface area contributed by atoms with Gasteiger partial charge in [-0.3, -0.25) is 4.79 Å². The highest BCUT2D eigenvalue weighted by atomic mass is 35.5. The zero-order valence-corrected chi connectivity index (χ0v) is 17.0. The fourth-order valence-electron chi connectivity index (χ4n) is 2.67. The summed E-state index contributed by atoms with van der Waals surface area (Å²) in [6.07, 6.45) is 2.48. The minimum absolute atomic E-state index is 0.0429. The van der Waals surface area contributed by atoms with Gasteiger partial charge in [0.25, 0.3) is 5.91 Å². The summed E-state index contributed by atoms with van der Waals surface area (Å²) in [7, 11) is -3.54. The third kappa shape index (κ3) is 4.63. The molecule has 2 aromatic carbocycles. The average Bonchev–Trinajstić information content (AvgIpc) is 2.97. The SMILES string of the molecule is Cc1cnn(Cc2cc(F)ccc2F)c1NC(=O)c1cc(S(C)(=O)=O)ccc1Cl. The zero-order valence-electron chi connectivity index (χ0n) is 15.4. The molecule has 0 aliphatic heterocycles. The van der Waals surface area contributed by atoms with Gasteiger partial charge >= 0.3 is 0 Å². The van der Waals surface area contributed by atoms with Gasteiger partial charge in [-0.2, -0.15) is 5.10 Å². The summed E-state index contributed by atoms with van der Waals surface area (Å²) in [6.45, 7) is 1.56. The number of aromatic nitrogens is 2. The van der Waals surface area contributed by atoms with Gasteiger partial charge in [-0.25, -0.2) is 21.9 Å². The molecule has 0 unspecified atom stereocenters. The number of nitrogens with one attached hydrogen (secondary N) is 1. The maximum atomic E-state index is 14.0. The summed E-state index contributed by atoms with van der Waals surface area (Å²) in [5.74, 6) is -1.62. The number of benzene rings is 2. The molecule has 1 N–H and O–H groups in total. The zero-order chi connectivity index (χ0) is 21.3. The lowest BCUT2D eigenvalue weighted by atomic mass is 10.2. The number of hydrogen-bond acceptors (Lipinski definition) is 4. The van der Waals surface area contributed by atoms with Crippen LogP contribution in [0, 0.1) is 18.6 Å². The molecule has 3 rings (SSSR count). The van der Waals surface area contributed by atoms with Crippen molar-refractivity contribution in [2.24, 2.45) is 0 Å². The van der Waals surface area contributed by atoms with Crippen LogP contribution in [0.5, 0.6) is 0 Å². The highest BCUT2D eigenvalue weighted by molar-refractivity contribution is 7.90. The van der Waals surface area contributed by atoms with Crippen LogP contribution in [0.2, 0.25) is 5.02 Å². The highest BCUT2D eigenvalue weighted by Gasteiger charge is 2.19. The van der Waals surface area contributed by atoms with E-state index in [4.69, 9.17) is 11.6 Å². The summed E-state index contributed by atoms with van der Waals surface area (Å²) in [6, 6.07) is 6.86. The van der Waals surface area contributed by atoms with E-state index in [1.165, 1.54) is 29.1 Å². The van der Waals surface area contributed by atoms with E-state index < -0.39 is 27.4 Å². The highest BCUT2D eigenvalue weighted by Crippen LogP contribution is 2.24. The largest absolute Gasteiger partial charge is 0.306 e. The van der Waals surface area contributed by atoms with Gasteiger partial charge in [0.15, 0.2) is 9.84 Å². The van der Waals surface area contributed by atoms with Gasteiger partial charge in [0.2, 0.25) is 0 Å². The molecular formula is C19H16ClF2N3O3S. The second kappa shape index (κ2) is 7.92. The second-order valence-electron chi connectivity index (χ2n) is 6.44.